The third-order valence-corrected chi connectivity index (χ3v) is 3.14. The number of hydrogen-bond acceptors (Lipinski definition) is 2. The van der Waals surface area contributed by atoms with Gasteiger partial charge in [-0.2, -0.15) is 0 Å². The first kappa shape index (κ1) is 15.3. The standard InChI is InChI=1S/C13H17BrClNO2/c1-3-5-6-12(17)16-11-8-9(15)7-10(14)13(11)18-4-2/h7-8H,3-6H2,1-2H3,(H,16,17). The summed E-state index contributed by atoms with van der Waals surface area (Å²) in [5, 5.41) is 3.39. The van der Waals surface area contributed by atoms with Crippen LogP contribution < -0.4 is 10.1 Å². The molecule has 0 aliphatic heterocycles. The molecule has 0 atom stereocenters. The van der Waals surface area contributed by atoms with Crippen LogP contribution in [0.4, 0.5) is 5.69 Å². The number of rotatable bonds is 6. The highest BCUT2D eigenvalue weighted by Crippen LogP contribution is 2.36. The molecule has 1 aromatic carbocycles. The summed E-state index contributed by atoms with van der Waals surface area (Å²) in [5.74, 6) is 0.596. The minimum absolute atomic E-state index is 0.0213. The first-order chi connectivity index (χ1) is 8.58. The van der Waals surface area contributed by atoms with Crippen LogP contribution in [-0.4, -0.2) is 12.5 Å². The van der Waals surface area contributed by atoms with Crippen LogP contribution in [-0.2, 0) is 4.79 Å². The van der Waals surface area contributed by atoms with Gasteiger partial charge in [0, 0.05) is 11.4 Å². The predicted octanol–water partition coefficient (Wildman–Crippen LogP) is 4.63. The average Bonchev–Trinajstić information content (AvgIpc) is 2.31. The van der Waals surface area contributed by atoms with Crippen LogP contribution in [0, 0.1) is 0 Å². The fraction of sp³-hybridized carbons (Fsp3) is 0.462. The van der Waals surface area contributed by atoms with E-state index < -0.39 is 0 Å². The van der Waals surface area contributed by atoms with Crippen LogP contribution in [0.15, 0.2) is 16.6 Å². The van der Waals surface area contributed by atoms with Crippen molar-refractivity contribution in [2.75, 3.05) is 11.9 Å². The van der Waals surface area contributed by atoms with Crippen molar-refractivity contribution in [2.24, 2.45) is 0 Å². The summed E-state index contributed by atoms with van der Waals surface area (Å²) < 4.78 is 6.25. The van der Waals surface area contributed by atoms with Gasteiger partial charge in [-0.15, -0.1) is 0 Å². The van der Waals surface area contributed by atoms with Gasteiger partial charge >= 0.3 is 0 Å². The Morgan fingerprint density at radius 3 is 2.78 bits per heavy atom. The molecular formula is C13H17BrClNO2. The van der Waals surface area contributed by atoms with Crippen molar-refractivity contribution in [1.29, 1.82) is 0 Å². The van der Waals surface area contributed by atoms with Crippen molar-refractivity contribution >= 4 is 39.1 Å². The average molecular weight is 335 g/mol. The molecule has 18 heavy (non-hydrogen) atoms. The molecule has 0 unspecified atom stereocenters. The van der Waals surface area contributed by atoms with Crippen molar-refractivity contribution < 1.29 is 9.53 Å². The zero-order valence-electron chi connectivity index (χ0n) is 10.6. The first-order valence-electron chi connectivity index (χ1n) is 6.00. The van der Waals surface area contributed by atoms with Crippen LogP contribution >= 0.6 is 27.5 Å². The molecule has 1 N–H and O–H groups in total. The number of carbonyl (C=O) groups excluding carboxylic acids is 1. The molecule has 0 radical (unpaired) electrons. The fourth-order valence-electron chi connectivity index (χ4n) is 1.49. The van der Waals surface area contributed by atoms with Crippen molar-refractivity contribution in [3.8, 4) is 5.75 Å². The summed E-state index contributed by atoms with van der Waals surface area (Å²) >= 11 is 9.35. The molecular weight excluding hydrogens is 318 g/mol. The lowest BCUT2D eigenvalue weighted by Crippen LogP contribution is -2.12. The Morgan fingerprint density at radius 2 is 2.17 bits per heavy atom. The van der Waals surface area contributed by atoms with Gasteiger partial charge in [0.05, 0.1) is 16.8 Å². The number of hydrogen-bond donors (Lipinski definition) is 1. The largest absolute Gasteiger partial charge is 0.491 e. The zero-order chi connectivity index (χ0) is 13.5. The number of amides is 1. The molecule has 0 fully saturated rings. The van der Waals surface area contributed by atoms with E-state index in [4.69, 9.17) is 16.3 Å². The number of nitrogens with one attached hydrogen (secondary N) is 1. The molecule has 1 amide bonds. The lowest BCUT2D eigenvalue weighted by atomic mass is 10.2. The third-order valence-electron chi connectivity index (χ3n) is 2.33. The van der Waals surface area contributed by atoms with Gasteiger partial charge in [0.1, 0.15) is 0 Å². The highest BCUT2D eigenvalue weighted by Gasteiger charge is 2.12. The van der Waals surface area contributed by atoms with Crippen molar-refractivity contribution in [3.63, 3.8) is 0 Å². The number of benzene rings is 1. The minimum atomic E-state index is -0.0213. The molecule has 0 aromatic heterocycles. The smallest absolute Gasteiger partial charge is 0.224 e. The fourth-order valence-corrected chi connectivity index (χ4v) is 2.42. The van der Waals surface area contributed by atoms with Gasteiger partial charge in [-0.25, -0.2) is 0 Å². The topological polar surface area (TPSA) is 38.3 Å². The van der Waals surface area contributed by atoms with Crippen LogP contribution in [0.25, 0.3) is 0 Å². The van der Waals surface area contributed by atoms with E-state index in [1.807, 2.05) is 6.92 Å². The molecule has 100 valence electrons. The lowest BCUT2D eigenvalue weighted by molar-refractivity contribution is -0.116. The molecule has 0 saturated carbocycles. The molecule has 1 rings (SSSR count). The van der Waals surface area contributed by atoms with Crippen molar-refractivity contribution in [2.45, 2.75) is 33.1 Å². The maximum atomic E-state index is 11.7. The second kappa shape index (κ2) is 7.64. The normalized spacial score (nSPS) is 10.2. The predicted molar refractivity (Wildman–Crippen MR) is 78.5 cm³/mol. The highest BCUT2D eigenvalue weighted by molar-refractivity contribution is 9.10. The Bertz CT molecular complexity index is 424. The Balaban J connectivity index is 2.88. The van der Waals surface area contributed by atoms with Crippen molar-refractivity contribution in [3.05, 3.63) is 21.6 Å². The van der Waals surface area contributed by atoms with Crippen LogP contribution in [0.2, 0.25) is 5.02 Å². The Labute approximate surface area is 121 Å². The van der Waals surface area contributed by atoms with Crippen LogP contribution in [0.5, 0.6) is 5.75 Å². The van der Waals surface area contributed by atoms with Gasteiger partial charge in [-0.1, -0.05) is 24.9 Å². The molecule has 5 heteroatoms. The van der Waals surface area contributed by atoms with E-state index in [1.165, 1.54) is 0 Å². The third kappa shape index (κ3) is 4.50. The number of anilines is 1. The molecule has 0 saturated heterocycles. The first-order valence-corrected chi connectivity index (χ1v) is 7.17. The van der Waals surface area contributed by atoms with Gasteiger partial charge < -0.3 is 10.1 Å². The Hall–Kier alpha value is -0.740. The summed E-state index contributed by atoms with van der Waals surface area (Å²) in [7, 11) is 0. The van der Waals surface area contributed by atoms with E-state index in [0.717, 1.165) is 17.3 Å². The number of unbranched alkanes of at least 4 members (excludes halogenated alkanes) is 1. The number of ether oxygens (including phenoxy) is 1. The van der Waals surface area contributed by atoms with Crippen LogP contribution in [0.1, 0.15) is 33.1 Å². The van der Waals surface area contributed by atoms with E-state index in [0.29, 0.717) is 29.5 Å². The Kier molecular flexibility index (Phi) is 6.50. The second-order valence-corrected chi connectivity index (χ2v) is 5.14. The van der Waals surface area contributed by atoms with Gasteiger partial charge in [0.25, 0.3) is 0 Å². The van der Waals surface area contributed by atoms with E-state index in [2.05, 4.69) is 28.2 Å². The summed E-state index contributed by atoms with van der Waals surface area (Å²) in [6.45, 7) is 4.47. The molecule has 0 aliphatic carbocycles. The number of carbonyl (C=O) groups is 1. The lowest BCUT2D eigenvalue weighted by Gasteiger charge is -2.13. The summed E-state index contributed by atoms with van der Waals surface area (Å²) in [5.41, 5.74) is 0.609. The molecule has 0 bridgehead atoms. The molecule has 0 spiro atoms. The van der Waals surface area contributed by atoms with E-state index in [9.17, 15) is 4.79 Å². The van der Waals surface area contributed by atoms with Crippen molar-refractivity contribution in [1.82, 2.24) is 0 Å². The monoisotopic (exact) mass is 333 g/mol. The van der Waals surface area contributed by atoms with E-state index in [-0.39, 0.29) is 5.91 Å². The molecule has 0 aliphatic rings. The summed E-state index contributed by atoms with van der Waals surface area (Å²) in [6.07, 6.45) is 2.37. The van der Waals surface area contributed by atoms with Gasteiger partial charge in [-0.05, 0) is 41.4 Å². The van der Waals surface area contributed by atoms with Gasteiger partial charge in [0.2, 0.25) is 5.91 Å². The second-order valence-electron chi connectivity index (χ2n) is 3.85. The molecule has 0 heterocycles. The maximum Gasteiger partial charge on any atom is 0.224 e. The van der Waals surface area contributed by atoms with Gasteiger partial charge in [-0.3, -0.25) is 4.79 Å². The summed E-state index contributed by atoms with van der Waals surface area (Å²) in [4.78, 5) is 11.7. The van der Waals surface area contributed by atoms with Gasteiger partial charge in [0.15, 0.2) is 5.75 Å². The minimum Gasteiger partial charge on any atom is -0.491 e. The molecule has 1 aromatic rings. The Morgan fingerprint density at radius 1 is 1.44 bits per heavy atom. The summed E-state index contributed by atoms with van der Waals surface area (Å²) in [6, 6.07) is 3.44. The van der Waals surface area contributed by atoms with E-state index >= 15 is 0 Å². The zero-order valence-corrected chi connectivity index (χ0v) is 12.9. The van der Waals surface area contributed by atoms with Crippen LogP contribution in [0.3, 0.4) is 0 Å². The molecule has 3 nitrogen and oxygen atoms in total. The quantitative estimate of drug-likeness (QED) is 0.823. The highest BCUT2D eigenvalue weighted by atomic mass is 79.9. The maximum absolute atomic E-state index is 11.7. The van der Waals surface area contributed by atoms with E-state index in [1.54, 1.807) is 12.1 Å². The SMILES string of the molecule is CCCCC(=O)Nc1cc(Cl)cc(Br)c1OCC. The number of halogens is 2.